The minimum atomic E-state index is -0.849. The number of benzene rings is 1. The highest BCUT2D eigenvalue weighted by molar-refractivity contribution is 7.17. The van der Waals surface area contributed by atoms with E-state index in [-0.39, 0.29) is 16.9 Å². The molecule has 4 rings (SSSR count). The average molecular weight is 386 g/mol. The normalized spacial score (nSPS) is 10.9. The van der Waals surface area contributed by atoms with Crippen molar-refractivity contribution in [1.82, 2.24) is 20.2 Å². The number of rotatable bonds is 4. The lowest BCUT2D eigenvalue weighted by molar-refractivity contribution is 0.103. The summed E-state index contributed by atoms with van der Waals surface area (Å²) in [6.07, 6.45) is 3.90. The van der Waals surface area contributed by atoms with Crippen LogP contribution in [0.15, 0.2) is 36.8 Å². The summed E-state index contributed by atoms with van der Waals surface area (Å²) >= 11 is 1.02. The summed E-state index contributed by atoms with van der Waals surface area (Å²) in [6, 6.07) is 4.47. The molecule has 1 aromatic carbocycles. The van der Waals surface area contributed by atoms with Crippen molar-refractivity contribution >= 4 is 44.8 Å². The summed E-state index contributed by atoms with van der Waals surface area (Å²) in [5, 5.41) is 13.4. The molecule has 0 aliphatic rings. The van der Waals surface area contributed by atoms with Gasteiger partial charge in [-0.3, -0.25) is 9.89 Å². The predicted molar refractivity (Wildman–Crippen MR) is 98.3 cm³/mol. The number of hydrogen-bond donors (Lipinski definition) is 3. The van der Waals surface area contributed by atoms with E-state index in [4.69, 9.17) is 0 Å². The molecule has 0 saturated carbocycles. The number of aromatic amines is 1. The van der Waals surface area contributed by atoms with E-state index in [1.807, 2.05) is 19.1 Å². The van der Waals surface area contributed by atoms with Crippen molar-refractivity contribution < 1.29 is 13.6 Å². The number of pyridine rings is 1. The molecule has 3 aromatic heterocycles. The van der Waals surface area contributed by atoms with Crippen LogP contribution in [-0.2, 0) is 0 Å². The molecular formula is C17H12F2N6OS. The van der Waals surface area contributed by atoms with E-state index < -0.39 is 11.6 Å². The number of anilines is 3. The van der Waals surface area contributed by atoms with Gasteiger partial charge in [-0.2, -0.15) is 5.10 Å². The summed E-state index contributed by atoms with van der Waals surface area (Å²) < 4.78 is 26.6. The largest absolute Gasteiger partial charge is 0.320 e. The van der Waals surface area contributed by atoms with Crippen LogP contribution in [0.1, 0.15) is 15.2 Å². The first-order chi connectivity index (χ1) is 13.0. The molecule has 0 saturated heterocycles. The Hall–Kier alpha value is -3.40. The fourth-order valence-corrected chi connectivity index (χ4v) is 3.22. The zero-order valence-corrected chi connectivity index (χ0v) is 14.7. The smallest absolute Gasteiger partial charge is 0.267 e. The molecule has 0 spiro atoms. The number of H-pyrrole nitrogens is 1. The molecule has 0 unspecified atom stereocenters. The number of carbonyl (C=O) groups excluding carboxylic acids is 1. The van der Waals surface area contributed by atoms with Gasteiger partial charge in [-0.25, -0.2) is 18.7 Å². The second-order valence-corrected chi connectivity index (χ2v) is 6.71. The number of hydrogen-bond acceptors (Lipinski definition) is 6. The van der Waals surface area contributed by atoms with Gasteiger partial charge in [0.2, 0.25) is 0 Å². The van der Waals surface area contributed by atoms with Gasteiger partial charge in [-0.1, -0.05) is 17.4 Å². The fourth-order valence-electron chi connectivity index (χ4n) is 2.51. The van der Waals surface area contributed by atoms with E-state index in [2.05, 4.69) is 30.8 Å². The van der Waals surface area contributed by atoms with Gasteiger partial charge in [-0.15, -0.1) is 0 Å². The lowest BCUT2D eigenvalue weighted by Gasteiger charge is -2.08. The standard InChI is InChI=1S/C17H12F2N6OS/c1-8-2-3-12-10(6-22-25-12)14(8)23-16(26)13-7-21-17(27-13)24-15-11(19)4-9(18)5-20-15/h2-7H,1H3,(H,22,25)(H,23,26)(H,20,21,24). The van der Waals surface area contributed by atoms with Crippen LogP contribution in [0.2, 0.25) is 0 Å². The minimum Gasteiger partial charge on any atom is -0.320 e. The third kappa shape index (κ3) is 3.34. The zero-order valence-electron chi connectivity index (χ0n) is 13.9. The monoisotopic (exact) mass is 386 g/mol. The Balaban J connectivity index is 1.55. The second kappa shape index (κ2) is 6.72. The molecule has 0 aliphatic heterocycles. The Labute approximate surface area is 155 Å². The molecule has 10 heteroatoms. The molecule has 3 heterocycles. The number of aryl methyl sites for hydroxylation is 1. The first-order valence-corrected chi connectivity index (χ1v) is 8.61. The quantitative estimate of drug-likeness (QED) is 0.493. The molecule has 4 aromatic rings. The Morgan fingerprint density at radius 3 is 2.85 bits per heavy atom. The first kappa shape index (κ1) is 17.0. The summed E-state index contributed by atoms with van der Waals surface area (Å²) in [6.45, 7) is 1.88. The third-order valence-electron chi connectivity index (χ3n) is 3.83. The maximum atomic E-state index is 13.7. The molecule has 1 amide bonds. The summed E-state index contributed by atoms with van der Waals surface area (Å²) in [4.78, 5) is 20.6. The van der Waals surface area contributed by atoms with Crippen LogP contribution in [0.25, 0.3) is 10.9 Å². The Morgan fingerprint density at radius 2 is 2.04 bits per heavy atom. The Bertz CT molecular complexity index is 1160. The van der Waals surface area contributed by atoms with Crippen molar-refractivity contribution in [2.75, 3.05) is 10.6 Å². The minimum absolute atomic E-state index is 0.170. The van der Waals surface area contributed by atoms with Crippen molar-refractivity contribution in [3.05, 3.63) is 58.9 Å². The number of fused-ring (bicyclic) bond motifs is 1. The van der Waals surface area contributed by atoms with Crippen molar-refractivity contribution in [2.45, 2.75) is 6.92 Å². The lowest BCUT2D eigenvalue weighted by atomic mass is 10.1. The highest BCUT2D eigenvalue weighted by Gasteiger charge is 2.15. The molecule has 136 valence electrons. The molecule has 0 bridgehead atoms. The van der Waals surface area contributed by atoms with E-state index in [9.17, 15) is 13.6 Å². The van der Waals surface area contributed by atoms with E-state index in [1.54, 1.807) is 6.20 Å². The number of thiazole rings is 1. The van der Waals surface area contributed by atoms with Gasteiger partial charge >= 0.3 is 0 Å². The van der Waals surface area contributed by atoms with Crippen LogP contribution in [0.3, 0.4) is 0 Å². The molecule has 7 nitrogen and oxygen atoms in total. The van der Waals surface area contributed by atoms with Gasteiger partial charge in [-0.05, 0) is 18.6 Å². The Morgan fingerprint density at radius 1 is 1.19 bits per heavy atom. The predicted octanol–water partition coefficient (Wildman–Crippen LogP) is 4.00. The molecule has 0 fully saturated rings. The van der Waals surface area contributed by atoms with Gasteiger partial charge in [0.05, 0.1) is 29.8 Å². The van der Waals surface area contributed by atoms with Crippen LogP contribution in [0.4, 0.5) is 25.4 Å². The topological polar surface area (TPSA) is 95.6 Å². The van der Waals surface area contributed by atoms with Crippen LogP contribution >= 0.6 is 11.3 Å². The van der Waals surface area contributed by atoms with Gasteiger partial charge < -0.3 is 10.6 Å². The molecule has 3 N–H and O–H groups in total. The number of aromatic nitrogens is 4. The number of nitrogens with one attached hydrogen (secondary N) is 3. The molecule has 0 aliphatic carbocycles. The SMILES string of the molecule is Cc1ccc2[nH]ncc2c1NC(=O)c1cnc(Nc2ncc(F)cc2F)s1. The van der Waals surface area contributed by atoms with E-state index >= 15 is 0 Å². The summed E-state index contributed by atoms with van der Waals surface area (Å²) in [7, 11) is 0. The first-order valence-electron chi connectivity index (χ1n) is 7.79. The average Bonchev–Trinajstić information content (AvgIpc) is 3.29. The summed E-state index contributed by atoms with van der Waals surface area (Å²) in [5.74, 6) is -2.15. The van der Waals surface area contributed by atoms with Gasteiger partial charge in [0.1, 0.15) is 10.7 Å². The maximum Gasteiger partial charge on any atom is 0.267 e. The highest BCUT2D eigenvalue weighted by atomic mass is 32.1. The van der Waals surface area contributed by atoms with E-state index in [0.29, 0.717) is 16.6 Å². The van der Waals surface area contributed by atoms with Crippen LogP contribution < -0.4 is 10.6 Å². The Kier molecular flexibility index (Phi) is 4.24. The lowest BCUT2D eigenvalue weighted by Crippen LogP contribution is -2.11. The molecule has 27 heavy (non-hydrogen) atoms. The summed E-state index contributed by atoms with van der Waals surface area (Å²) in [5.41, 5.74) is 2.35. The maximum absolute atomic E-state index is 13.7. The van der Waals surface area contributed by atoms with Crippen LogP contribution in [0.5, 0.6) is 0 Å². The van der Waals surface area contributed by atoms with Crippen LogP contribution in [0, 0.1) is 18.6 Å². The van der Waals surface area contributed by atoms with Gasteiger partial charge in [0, 0.05) is 11.5 Å². The van der Waals surface area contributed by atoms with Crippen molar-refractivity contribution in [3.63, 3.8) is 0 Å². The zero-order chi connectivity index (χ0) is 19.0. The van der Waals surface area contributed by atoms with Crippen molar-refractivity contribution in [1.29, 1.82) is 0 Å². The third-order valence-corrected chi connectivity index (χ3v) is 4.75. The van der Waals surface area contributed by atoms with Crippen molar-refractivity contribution in [2.24, 2.45) is 0 Å². The molecule has 0 radical (unpaired) electrons. The van der Waals surface area contributed by atoms with Gasteiger partial charge in [0.25, 0.3) is 5.91 Å². The van der Waals surface area contributed by atoms with Gasteiger partial charge in [0.15, 0.2) is 16.8 Å². The number of amides is 1. The van der Waals surface area contributed by atoms with E-state index in [0.717, 1.165) is 34.0 Å². The molecule has 0 atom stereocenters. The number of carbonyl (C=O) groups is 1. The second-order valence-electron chi connectivity index (χ2n) is 5.68. The number of nitrogens with zero attached hydrogens (tertiary/aromatic N) is 3. The fraction of sp³-hybridized carbons (Fsp3) is 0.0588. The highest BCUT2D eigenvalue weighted by Crippen LogP contribution is 2.28. The van der Waals surface area contributed by atoms with Crippen LogP contribution in [-0.4, -0.2) is 26.1 Å². The molecular weight excluding hydrogens is 374 g/mol. The van der Waals surface area contributed by atoms with E-state index in [1.165, 1.54) is 6.20 Å². The number of halogens is 2. The van der Waals surface area contributed by atoms with Crippen molar-refractivity contribution in [3.8, 4) is 0 Å².